The Bertz CT molecular complexity index is 116. The average molecular weight is 128 g/mol. The fourth-order valence-corrected chi connectivity index (χ4v) is 0.884. The van der Waals surface area contributed by atoms with Gasteiger partial charge in [-0.3, -0.25) is 4.79 Å². The lowest BCUT2D eigenvalue weighted by molar-refractivity contribution is -0.127. The monoisotopic (exact) mass is 128 g/mol. The first-order valence-corrected chi connectivity index (χ1v) is 3.46. The van der Waals surface area contributed by atoms with Crippen molar-refractivity contribution in [2.75, 3.05) is 0 Å². The summed E-state index contributed by atoms with van der Waals surface area (Å²) < 4.78 is 0. The molecule has 52 valence electrons. The minimum Gasteiger partial charge on any atom is -0.385 e. The van der Waals surface area contributed by atoms with E-state index in [9.17, 15) is 4.79 Å². The Labute approximate surface area is 54.9 Å². The summed E-state index contributed by atoms with van der Waals surface area (Å²) in [6.07, 6.45) is 1.90. The fraction of sp³-hybridized carbons (Fsp3) is 0.857. The van der Waals surface area contributed by atoms with Crippen LogP contribution < -0.4 is 0 Å². The third-order valence-corrected chi connectivity index (χ3v) is 1.75. The first-order valence-electron chi connectivity index (χ1n) is 3.46. The predicted octanol–water partition coefficient (Wildman–Crippen LogP) is 0.736. The lowest BCUT2D eigenvalue weighted by Crippen LogP contribution is -2.21. The van der Waals surface area contributed by atoms with Crippen molar-refractivity contribution in [3.8, 4) is 0 Å². The van der Waals surface area contributed by atoms with Gasteiger partial charge < -0.3 is 5.11 Å². The normalized spacial score (nSPS) is 21.6. The maximum absolute atomic E-state index is 10.7. The number of aliphatic hydroxyl groups excluding tert-OH is 1. The molecule has 1 atom stereocenters. The number of hydrogen-bond acceptors (Lipinski definition) is 2. The minimum atomic E-state index is -0.644. The van der Waals surface area contributed by atoms with Crippen LogP contribution in [0.1, 0.15) is 26.2 Å². The largest absolute Gasteiger partial charge is 0.385 e. The Hall–Kier alpha value is -0.370. The molecule has 1 aliphatic rings. The molecule has 0 saturated heterocycles. The van der Waals surface area contributed by atoms with Crippen LogP contribution in [0.3, 0.4) is 0 Å². The van der Waals surface area contributed by atoms with Crippen molar-refractivity contribution in [2.24, 2.45) is 5.92 Å². The van der Waals surface area contributed by atoms with Crippen molar-refractivity contribution < 1.29 is 9.90 Å². The molecule has 1 saturated carbocycles. The number of ketones is 1. The topological polar surface area (TPSA) is 37.3 Å². The van der Waals surface area contributed by atoms with Gasteiger partial charge in [-0.05, 0) is 18.8 Å². The zero-order valence-corrected chi connectivity index (χ0v) is 5.63. The standard InChI is InChI=1S/C7H12O2/c1-2-6(8)7(9)5-3-4-5/h5,7,9H,2-4H2,1H3. The van der Waals surface area contributed by atoms with Crippen molar-refractivity contribution in [2.45, 2.75) is 32.3 Å². The molecule has 0 radical (unpaired) electrons. The van der Waals surface area contributed by atoms with Gasteiger partial charge >= 0.3 is 0 Å². The van der Waals surface area contributed by atoms with Gasteiger partial charge in [-0.15, -0.1) is 0 Å². The van der Waals surface area contributed by atoms with Crippen molar-refractivity contribution in [3.05, 3.63) is 0 Å². The van der Waals surface area contributed by atoms with E-state index in [1.807, 2.05) is 0 Å². The zero-order valence-electron chi connectivity index (χ0n) is 5.63. The SMILES string of the molecule is CCC(=O)C(O)C1CC1. The van der Waals surface area contributed by atoms with E-state index in [1.54, 1.807) is 6.92 Å². The molecule has 0 aliphatic heterocycles. The Kier molecular flexibility index (Phi) is 1.86. The van der Waals surface area contributed by atoms with Crippen LogP contribution in [0, 0.1) is 5.92 Å². The highest BCUT2D eigenvalue weighted by molar-refractivity contribution is 5.83. The third-order valence-electron chi connectivity index (χ3n) is 1.75. The van der Waals surface area contributed by atoms with Crippen LogP contribution in [-0.2, 0) is 4.79 Å². The van der Waals surface area contributed by atoms with Gasteiger partial charge in [-0.25, -0.2) is 0 Å². The van der Waals surface area contributed by atoms with E-state index in [2.05, 4.69) is 0 Å². The molecule has 1 fully saturated rings. The summed E-state index contributed by atoms with van der Waals surface area (Å²) >= 11 is 0. The zero-order chi connectivity index (χ0) is 6.85. The van der Waals surface area contributed by atoms with E-state index >= 15 is 0 Å². The van der Waals surface area contributed by atoms with Gasteiger partial charge in [-0.2, -0.15) is 0 Å². The van der Waals surface area contributed by atoms with Crippen LogP contribution in [-0.4, -0.2) is 17.0 Å². The van der Waals surface area contributed by atoms with Gasteiger partial charge in [0.15, 0.2) is 5.78 Å². The molecule has 9 heavy (non-hydrogen) atoms. The Balaban J connectivity index is 2.30. The third kappa shape index (κ3) is 1.52. The molecule has 2 nitrogen and oxygen atoms in total. The molecule has 0 bridgehead atoms. The molecular weight excluding hydrogens is 116 g/mol. The Morgan fingerprint density at radius 1 is 1.78 bits per heavy atom. The quantitative estimate of drug-likeness (QED) is 0.608. The van der Waals surface area contributed by atoms with Crippen LogP contribution in [0.25, 0.3) is 0 Å². The summed E-state index contributed by atoms with van der Waals surface area (Å²) in [7, 11) is 0. The number of Topliss-reactive ketones (excluding diaryl/α,β-unsaturated/α-hetero) is 1. The summed E-state index contributed by atoms with van der Waals surface area (Å²) in [6.45, 7) is 1.79. The summed E-state index contributed by atoms with van der Waals surface area (Å²) in [5.41, 5.74) is 0. The van der Waals surface area contributed by atoms with E-state index in [-0.39, 0.29) is 5.78 Å². The Morgan fingerprint density at radius 2 is 2.33 bits per heavy atom. The molecule has 0 aromatic rings. The minimum absolute atomic E-state index is 0.00231. The second-order valence-corrected chi connectivity index (χ2v) is 2.60. The molecule has 0 spiro atoms. The van der Waals surface area contributed by atoms with E-state index in [4.69, 9.17) is 5.11 Å². The predicted molar refractivity (Wildman–Crippen MR) is 34.0 cm³/mol. The van der Waals surface area contributed by atoms with Crippen LogP contribution in [0.15, 0.2) is 0 Å². The van der Waals surface area contributed by atoms with Crippen LogP contribution in [0.4, 0.5) is 0 Å². The first-order chi connectivity index (χ1) is 4.25. The van der Waals surface area contributed by atoms with Gasteiger partial charge in [0.05, 0.1) is 0 Å². The molecule has 0 aromatic carbocycles. The summed E-state index contributed by atoms with van der Waals surface area (Å²) in [6, 6.07) is 0. The number of carbonyl (C=O) groups is 1. The molecular formula is C7H12O2. The number of carbonyl (C=O) groups excluding carboxylic acids is 1. The highest BCUT2D eigenvalue weighted by Gasteiger charge is 2.33. The lowest BCUT2D eigenvalue weighted by Gasteiger charge is -2.03. The highest BCUT2D eigenvalue weighted by atomic mass is 16.3. The maximum Gasteiger partial charge on any atom is 0.161 e. The molecule has 0 amide bonds. The van der Waals surface area contributed by atoms with Crippen LogP contribution in [0.2, 0.25) is 0 Å². The molecule has 1 unspecified atom stereocenters. The van der Waals surface area contributed by atoms with Crippen molar-refractivity contribution in [1.29, 1.82) is 0 Å². The first kappa shape index (κ1) is 6.75. The molecule has 1 aliphatic carbocycles. The highest BCUT2D eigenvalue weighted by Crippen LogP contribution is 2.33. The summed E-state index contributed by atoms with van der Waals surface area (Å²) in [5.74, 6) is 0.301. The van der Waals surface area contributed by atoms with Gasteiger partial charge in [0.1, 0.15) is 6.10 Å². The molecule has 0 heterocycles. The smallest absolute Gasteiger partial charge is 0.161 e. The second-order valence-electron chi connectivity index (χ2n) is 2.60. The number of rotatable bonds is 3. The second kappa shape index (κ2) is 2.48. The van der Waals surface area contributed by atoms with Crippen molar-refractivity contribution >= 4 is 5.78 Å². The van der Waals surface area contributed by atoms with Gasteiger partial charge in [0, 0.05) is 6.42 Å². The van der Waals surface area contributed by atoms with Crippen LogP contribution >= 0.6 is 0 Å². The molecule has 1 rings (SSSR count). The number of aliphatic hydroxyl groups is 1. The summed E-state index contributed by atoms with van der Waals surface area (Å²) in [5, 5.41) is 9.11. The molecule has 1 N–H and O–H groups in total. The maximum atomic E-state index is 10.7. The number of hydrogen-bond donors (Lipinski definition) is 1. The summed E-state index contributed by atoms with van der Waals surface area (Å²) in [4.78, 5) is 10.7. The molecule has 2 heteroatoms. The average Bonchev–Trinajstić information content (AvgIpc) is 2.66. The van der Waals surface area contributed by atoms with Crippen molar-refractivity contribution in [3.63, 3.8) is 0 Å². The van der Waals surface area contributed by atoms with E-state index in [1.165, 1.54) is 0 Å². The fourth-order valence-electron chi connectivity index (χ4n) is 0.884. The van der Waals surface area contributed by atoms with E-state index in [0.29, 0.717) is 12.3 Å². The van der Waals surface area contributed by atoms with Crippen LogP contribution in [0.5, 0.6) is 0 Å². The van der Waals surface area contributed by atoms with Gasteiger partial charge in [0.2, 0.25) is 0 Å². The van der Waals surface area contributed by atoms with E-state index in [0.717, 1.165) is 12.8 Å². The lowest BCUT2D eigenvalue weighted by atomic mass is 10.1. The molecule has 0 aromatic heterocycles. The van der Waals surface area contributed by atoms with E-state index < -0.39 is 6.10 Å². The van der Waals surface area contributed by atoms with Crippen molar-refractivity contribution in [1.82, 2.24) is 0 Å². The Morgan fingerprint density at radius 3 is 2.67 bits per heavy atom. The van der Waals surface area contributed by atoms with Gasteiger partial charge in [-0.1, -0.05) is 6.92 Å². The van der Waals surface area contributed by atoms with Gasteiger partial charge in [0.25, 0.3) is 0 Å².